The van der Waals surface area contributed by atoms with Gasteiger partial charge in [0.15, 0.2) is 0 Å². The third kappa shape index (κ3) is 4.97. The van der Waals surface area contributed by atoms with Crippen molar-refractivity contribution in [3.05, 3.63) is 29.6 Å². The van der Waals surface area contributed by atoms with Gasteiger partial charge in [-0.05, 0) is 31.0 Å². The van der Waals surface area contributed by atoms with Gasteiger partial charge in [-0.1, -0.05) is 0 Å². The Morgan fingerprint density at radius 1 is 1.57 bits per heavy atom. The summed E-state index contributed by atoms with van der Waals surface area (Å²) in [5, 5.41) is 21.2. The van der Waals surface area contributed by atoms with Crippen molar-refractivity contribution in [2.75, 3.05) is 31.7 Å². The van der Waals surface area contributed by atoms with E-state index in [9.17, 15) is 9.50 Å². The van der Waals surface area contributed by atoms with Crippen LogP contribution in [0.2, 0.25) is 0 Å². The molecule has 0 radical (unpaired) electrons. The molecule has 1 aliphatic heterocycles. The Labute approximate surface area is 123 Å². The fourth-order valence-corrected chi connectivity index (χ4v) is 2.13. The van der Waals surface area contributed by atoms with Gasteiger partial charge >= 0.3 is 0 Å². The predicted molar refractivity (Wildman–Crippen MR) is 75.4 cm³/mol. The average Bonchev–Trinajstić information content (AvgIpc) is 2.99. The number of hydrogen-bond donors (Lipinski definition) is 2. The molecule has 2 atom stereocenters. The molecule has 1 heterocycles. The number of nitrogens with one attached hydrogen (secondary N) is 1. The van der Waals surface area contributed by atoms with E-state index in [0.717, 1.165) is 25.5 Å². The van der Waals surface area contributed by atoms with Crippen LogP contribution < -0.4 is 5.32 Å². The van der Waals surface area contributed by atoms with E-state index >= 15 is 0 Å². The molecule has 0 spiro atoms. The van der Waals surface area contributed by atoms with Crippen molar-refractivity contribution in [1.29, 1.82) is 5.26 Å². The Balaban J connectivity index is 1.68. The summed E-state index contributed by atoms with van der Waals surface area (Å²) in [5.41, 5.74) is 0.519. The van der Waals surface area contributed by atoms with Crippen LogP contribution in [0.15, 0.2) is 18.2 Å². The highest BCUT2D eigenvalue weighted by atomic mass is 19.1. The molecule has 2 N–H and O–H groups in total. The van der Waals surface area contributed by atoms with Gasteiger partial charge in [-0.15, -0.1) is 0 Å². The molecule has 2 rings (SSSR count). The number of anilines is 1. The van der Waals surface area contributed by atoms with E-state index in [1.807, 2.05) is 6.07 Å². The molecule has 114 valence electrons. The van der Waals surface area contributed by atoms with Crippen LogP contribution in [0.5, 0.6) is 0 Å². The molecule has 1 aromatic rings. The van der Waals surface area contributed by atoms with E-state index in [2.05, 4.69) is 5.32 Å². The lowest BCUT2D eigenvalue weighted by molar-refractivity contribution is -0.0137. The summed E-state index contributed by atoms with van der Waals surface area (Å²) in [6.45, 7) is 1.59. The molecule has 0 aromatic heterocycles. The summed E-state index contributed by atoms with van der Waals surface area (Å²) in [6.07, 6.45) is 1.43. The van der Waals surface area contributed by atoms with E-state index < -0.39 is 11.9 Å². The van der Waals surface area contributed by atoms with E-state index in [1.54, 1.807) is 0 Å². The molecule has 5 nitrogen and oxygen atoms in total. The van der Waals surface area contributed by atoms with Crippen molar-refractivity contribution in [3.63, 3.8) is 0 Å². The highest BCUT2D eigenvalue weighted by molar-refractivity contribution is 5.48. The van der Waals surface area contributed by atoms with Crippen molar-refractivity contribution in [2.45, 2.75) is 25.0 Å². The zero-order valence-electron chi connectivity index (χ0n) is 11.7. The maximum absolute atomic E-state index is 13.6. The molecular weight excluding hydrogens is 275 g/mol. The number of hydrogen-bond acceptors (Lipinski definition) is 5. The summed E-state index contributed by atoms with van der Waals surface area (Å²) in [4.78, 5) is 0. The third-order valence-electron chi connectivity index (χ3n) is 3.26. The van der Waals surface area contributed by atoms with Gasteiger partial charge in [0.25, 0.3) is 0 Å². The number of ether oxygens (including phenoxy) is 2. The Morgan fingerprint density at radius 3 is 3.10 bits per heavy atom. The average molecular weight is 294 g/mol. The lowest BCUT2D eigenvalue weighted by Crippen LogP contribution is -2.27. The quantitative estimate of drug-likeness (QED) is 0.800. The van der Waals surface area contributed by atoms with Gasteiger partial charge in [0.05, 0.1) is 42.7 Å². The van der Waals surface area contributed by atoms with Gasteiger partial charge in [-0.3, -0.25) is 0 Å². The molecule has 6 heteroatoms. The van der Waals surface area contributed by atoms with Crippen molar-refractivity contribution < 1.29 is 19.0 Å². The van der Waals surface area contributed by atoms with Crippen molar-refractivity contribution in [3.8, 4) is 6.07 Å². The number of nitrogens with zero attached hydrogens (tertiary/aromatic N) is 1. The van der Waals surface area contributed by atoms with Gasteiger partial charge in [0.2, 0.25) is 0 Å². The molecule has 0 bridgehead atoms. The number of halogens is 1. The number of rotatable bonds is 7. The SMILES string of the molecule is N#Cc1ccc(NCC(O)COCC2CCCO2)c(F)c1. The van der Waals surface area contributed by atoms with Gasteiger partial charge < -0.3 is 19.9 Å². The summed E-state index contributed by atoms with van der Waals surface area (Å²) in [5.74, 6) is -0.512. The largest absolute Gasteiger partial charge is 0.389 e. The molecule has 1 saturated heterocycles. The van der Waals surface area contributed by atoms with Crippen LogP contribution in [0.4, 0.5) is 10.1 Å². The van der Waals surface area contributed by atoms with E-state index in [-0.39, 0.29) is 30.5 Å². The Kier molecular flexibility index (Phi) is 5.93. The lowest BCUT2D eigenvalue weighted by atomic mass is 10.2. The van der Waals surface area contributed by atoms with Crippen molar-refractivity contribution in [1.82, 2.24) is 0 Å². The molecule has 0 saturated carbocycles. The molecule has 1 aliphatic rings. The second-order valence-corrected chi connectivity index (χ2v) is 5.01. The highest BCUT2D eigenvalue weighted by Crippen LogP contribution is 2.15. The first kappa shape index (κ1) is 15.7. The Hall–Kier alpha value is -1.68. The maximum Gasteiger partial charge on any atom is 0.147 e. The zero-order chi connectivity index (χ0) is 15.1. The standard InChI is InChI=1S/C15H19FN2O3/c16-14-6-11(7-17)3-4-15(14)18-8-12(19)9-20-10-13-2-1-5-21-13/h3-4,6,12-13,18-19H,1-2,5,8-10H2. The lowest BCUT2D eigenvalue weighted by Gasteiger charge is -2.15. The maximum atomic E-state index is 13.6. The molecular formula is C15H19FN2O3. The van der Waals surface area contributed by atoms with Crippen molar-refractivity contribution >= 4 is 5.69 Å². The van der Waals surface area contributed by atoms with Gasteiger partial charge in [-0.2, -0.15) is 5.26 Å². The van der Waals surface area contributed by atoms with Gasteiger partial charge in [-0.25, -0.2) is 4.39 Å². The molecule has 2 unspecified atom stereocenters. The number of aliphatic hydroxyl groups excluding tert-OH is 1. The van der Waals surface area contributed by atoms with Gasteiger partial charge in [0, 0.05) is 13.2 Å². The zero-order valence-corrected chi connectivity index (χ0v) is 11.7. The molecule has 1 fully saturated rings. The monoisotopic (exact) mass is 294 g/mol. The van der Waals surface area contributed by atoms with Crippen LogP contribution in [-0.2, 0) is 9.47 Å². The van der Waals surface area contributed by atoms with Crippen LogP contribution in [0.25, 0.3) is 0 Å². The first-order valence-corrected chi connectivity index (χ1v) is 7.00. The molecule has 0 aliphatic carbocycles. The van der Waals surface area contributed by atoms with E-state index in [1.165, 1.54) is 12.1 Å². The number of aliphatic hydroxyl groups is 1. The summed E-state index contributed by atoms with van der Waals surface area (Å²) >= 11 is 0. The molecule has 0 amide bonds. The van der Waals surface area contributed by atoms with Crippen molar-refractivity contribution in [2.24, 2.45) is 0 Å². The minimum Gasteiger partial charge on any atom is -0.389 e. The molecule has 21 heavy (non-hydrogen) atoms. The minimum absolute atomic E-state index is 0.126. The summed E-state index contributed by atoms with van der Waals surface area (Å²) in [6, 6.07) is 6.02. The van der Waals surface area contributed by atoms with Crippen LogP contribution >= 0.6 is 0 Å². The van der Waals surface area contributed by atoms with Crippen LogP contribution in [0, 0.1) is 17.1 Å². The van der Waals surface area contributed by atoms with Crippen LogP contribution in [-0.4, -0.2) is 43.7 Å². The second-order valence-electron chi connectivity index (χ2n) is 5.01. The smallest absolute Gasteiger partial charge is 0.147 e. The second kappa shape index (κ2) is 7.93. The Bertz CT molecular complexity index is 498. The Morgan fingerprint density at radius 2 is 2.43 bits per heavy atom. The fraction of sp³-hybridized carbons (Fsp3) is 0.533. The molecule has 1 aromatic carbocycles. The third-order valence-corrected chi connectivity index (χ3v) is 3.26. The van der Waals surface area contributed by atoms with Crippen LogP contribution in [0.3, 0.4) is 0 Å². The first-order valence-electron chi connectivity index (χ1n) is 7.00. The fourth-order valence-electron chi connectivity index (χ4n) is 2.13. The van der Waals surface area contributed by atoms with Gasteiger partial charge in [0.1, 0.15) is 5.82 Å². The number of nitriles is 1. The normalized spacial score (nSPS) is 19.2. The summed E-state index contributed by atoms with van der Waals surface area (Å²) < 4.78 is 24.4. The highest BCUT2D eigenvalue weighted by Gasteiger charge is 2.16. The van der Waals surface area contributed by atoms with E-state index in [0.29, 0.717) is 6.61 Å². The van der Waals surface area contributed by atoms with E-state index in [4.69, 9.17) is 14.7 Å². The van der Waals surface area contributed by atoms with Crippen LogP contribution in [0.1, 0.15) is 18.4 Å². The first-order chi connectivity index (χ1) is 10.2. The number of benzene rings is 1. The summed E-state index contributed by atoms with van der Waals surface area (Å²) in [7, 11) is 0. The topological polar surface area (TPSA) is 74.5 Å². The predicted octanol–water partition coefficient (Wildman–Crippen LogP) is 1.67. The minimum atomic E-state index is -0.735.